The predicted molar refractivity (Wildman–Crippen MR) is 128 cm³/mol. The maximum atomic E-state index is 12.7. The molecule has 0 fully saturated rings. The van der Waals surface area contributed by atoms with Crippen molar-refractivity contribution < 1.29 is 32.2 Å². The van der Waals surface area contributed by atoms with E-state index in [9.17, 15) is 18.0 Å². The third-order valence-electron chi connectivity index (χ3n) is 5.59. The molecule has 7 nitrogen and oxygen atoms in total. The molecule has 0 N–H and O–H groups in total. The van der Waals surface area contributed by atoms with Gasteiger partial charge in [-0.1, -0.05) is 0 Å². The number of benzene rings is 1. The number of hydrogen-bond acceptors (Lipinski definition) is 6. The van der Waals surface area contributed by atoms with Crippen LogP contribution < -0.4 is 14.2 Å². The number of ether oxygens (including phenoxy) is 3. The number of Topliss-reactive ketones (excluding diaryl/α,β-unsaturated/α-hetero) is 1. The zero-order valence-corrected chi connectivity index (χ0v) is 19.9. The molecule has 36 heavy (non-hydrogen) atoms. The highest BCUT2D eigenvalue weighted by atomic mass is 19.4. The molecule has 0 aliphatic carbocycles. The maximum absolute atomic E-state index is 12.7. The molecule has 0 atom stereocenters. The van der Waals surface area contributed by atoms with Gasteiger partial charge >= 0.3 is 6.18 Å². The number of alkyl halides is 3. The van der Waals surface area contributed by atoms with Crippen molar-refractivity contribution in [3.8, 4) is 39.6 Å². The molecular formula is C26H24F3N3O4. The van der Waals surface area contributed by atoms with Gasteiger partial charge in [0.25, 0.3) is 0 Å². The Labute approximate surface area is 205 Å². The quantitative estimate of drug-likeness (QED) is 0.263. The summed E-state index contributed by atoms with van der Waals surface area (Å²) < 4.78 is 56.1. The van der Waals surface area contributed by atoms with Crippen LogP contribution in [0.25, 0.3) is 28.0 Å². The van der Waals surface area contributed by atoms with Crippen LogP contribution >= 0.6 is 0 Å². The van der Waals surface area contributed by atoms with Crippen molar-refractivity contribution in [2.45, 2.75) is 25.9 Å². The average Bonchev–Trinajstić information content (AvgIpc) is 3.29. The fraction of sp³-hybridized carbons (Fsp3) is 0.269. The Balaban J connectivity index is 1.71. The number of carbonyl (C=O) groups excluding carboxylic acids is 1. The van der Waals surface area contributed by atoms with Gasteiger partial charge in [-0.2, -0.15) is 13.2 Å². The van der Waals surface area contributed by atoms with Gasteiger partial charge in [0.1, 0.15) is 28.5 Å². The van der Waals surface area contributed by atoms with Gasteiger partial charge in [0.15, 0.2) is 5.78 Å². The number of fused-ring (bicyclic) bond motifs is 1. The van der Waals surface area contributed by atoms with Crippen molar-refractivity contribution in [2.75, 3.05) is 20.8 Å². The zero-order chi connectivity index (χ0) is 25.9. The largest absolute Gasteiger partial charge is 0.496 e. The van der Waals surface area contributed by atoms with Gasteiger partial charge in [0.05, 0.1) is 45.3 Å². The smallest absolute Gasteiger partial charge is 0.389 e. The van der Waals surface area contributed by atoms with Gasteiger partial charge in [0, 0.05) is 29.9 Å². The van der Waals surface area contributed by atoms with Crippen LogP contribution in [0.5, 0.6) is 17.2 Å². The average molecular weight is 499 g/mol. The van der Waals surface area contributed by atoms with Gasteiger partial charge in [-0.3, -0.25) is 14.2 Å². The molecule has 4 rings (SSSR count). The molecule has 10 heteroatoms. The second kappa shape index (κ2) is 10.3. The molecule has 0 aliphatic heterocycles. The number of imidazole rings is 1. The van der Waals surface area contributed by atoms with Gasteiger partial charge in [0.2, 0.25) is 0 Å². The summed E-state index contributed by atoms with van der Waals surface area (Å²) in [5, 5.41) is 0. The molecule has 1 aromatic carbocycles. The van der Waals surface area contributed by atoms with E-state index in [0.717, 1.165) is 11.1 Å². The van der Waals surface area contributed by atoms with E-state index in [1.807, 2.05) is 35.7 Å². The molecule has 3 aromatic heterocycles. The lowest BCUT2D eigenvalue weighted by molar-refractivity contribution is -0.133. The van der Waals surface area contributed by atoms with Crippen molar-refractivity contribution in [2.24, 2.45) is 0 Å². The van der Waals surface area contributed by atoms with Crippen LogP contribution in [0.2, 0.25) is 0 Å². The number of nitrogens with zero attached hydrogens (tertiary/aromatic N) is 3. The topological polar surface area (TPSA) is 75.0 Å². The molecule has 188 valence electrons. The molecule has 0 amide bonds. The first-order chi connectivity index (χ1) is 17.2. The van der Waals surface area contributed by atoms with Gasteiger partial charge in [-0.25, -0.2) is 4.98 Å². The third-order valence-corrected chi connectivity index (χ3v) is 5.59. The summed E-state index contributed by atoms with van der Waals surface area (Å²) in [6.45, 7) is 2.44. The van der Waals surface area contributed by atoms with E-state index < -0.39 is 24.8 Å². The van der Waals surface area contributed by atoms with E-state index in [0.29, 0.717) is 29.3 Å². The standard InChI is InChI=1S/C26H24F3N3O4/c1-4-36-19-9-18(13-30-14-19)16-6-8-32-20(15-31-24(32)12-16)17-10-22(34-2)25(23(11-17)35-3)21(33)5-7-26(27,28)29/h6,8-15H,4-5,7H2,1-3H3. The molecule has 0 saturated carbocycles. The van der Waals surface area contributed by atoms with E-state index >= 15 is 0 Å². The predicted octanol–water partition coefficient (Wildman–Crippen LogP) is 6.00. The second-order valence-electron chi connectivity index (χ2n) is 7.92. The van der Waals surface area contributed by atoms with Crippen LogP contribution in [0.3, 0.4) is 0 Å². The Morgan fingerprint density at radius 2 is 1.69 bits per heavy atom. The molecular weight excluding hydrogens is 475 g/mol. The summed E-state index contributed by atoms with van der Waals surface area (Å²) >= 11 is 0. The van der Waals surface area contributed by atoms with Gasteiger partial charge in [-0.15, -0.1) is 0 Å². The first-order valence-electron chi connectivity index (χ1n) is 11.2. The molecule has 0 aliphatic rings. The van der Waals surface area contributed by atoms with E-state index in [2.05, 4.69) is 9.97 Å². The van der Waals surface area contributed by atoms with Crippen molar-refractivity contribution in [1.82, 2.24) is 14.4 Å². The number of ketones is 1. The van der Waals surface area contributed by atoms with Crippen LogP contribution in [0.15, 0.2) is 55.1 Å². The molecule has 0 spiro atoms. The number of rotatable bonds is 9. The van der Waals surface area contributed by atoms with E-state index in [1.165, 1.54) is 14.2 Å². The van der Waals surface area contributed by atoms with Crippen LogP contribution in [0.4, 0.5) is 13.2 Å². The minimum absolute atomic E-state index is 0.0224. The number of carbonyl (C=O) groups is 1. The van der Waals surface area contributed by atoms with Crippen molar-refractivity contribution >= 4 is 11.4 Å². The fourth-order valence-electron chi connectivity index (χ4n) is 3.91. The van der Waals surface area contributed by atoms with Crippen molar-refractivity contribution in [3.05, 3.63) is 60.7 Å². The Morgan fingerprint density at radius 3 is 2.33 bits per heavy atom. The highest BCUT2D eigenvalue weighted by Gasteiger charge is 2.30. The molecule has 0 radical (unpaired) electrons. The second-order valence-corrected chi connectivity index (χ2v) is 7.92. The molecule has 0 unspecified atom stereocenters. The Kier molecular flexibility index (Phi) is 7.14. The summed E-state index contributed by atoms with van der Waals surface area (Å²) in [4.78, 5) is 21.3. The van der Waals surface area contributed by atoms with Crippen molar-refractivity contribution in [1.29, 1.82) is 0 Å². The highest BCUT2D eigenvalue weighted by molar-refractivity contribution is 6.02. The van der Waals surface area contributed by atoms with Gasteiger partial charge in [-0.05, 0) is 42.8 Å². The summed E-state index contributed by atoms with van der Waals surface area (Å²) in [5.41, 5.74) is 3.71. The van der Waals surface area contributed by atoms with Crippen molar-refractivity contribution in [3.63, 3.8) is 0 Å². The Hall–Kier alpha value is -4.08. The Bertz CT molecular complexity index is 1370. The highest BCUT2D eigenvalue weighted by Crippen LogP contribution is 2.37. The SMILES string of the molecule is CCOc1cncc(-c2ccn3c(-c4cc(OC)c(C(=O)CCC(F)(F)F)c(OC)c4)cnc3c2)c1. The van der Waals surface area contributed by atoms with Crippen LogP contribution in [-0.4, -0.2) is 47.2 Å². The summed E-state index contributed by atoms with van der Waals surface area (Å²) in [5.74, 6) is 0.213. The van der Waals surface area contributed by atoms with E-state index in [1.54, 1.807) is 30.7 Å². The van der Waals surface area contributed by atoms with E-state index in [-0.39, 0.29) is 17.1 Å². The summed E-state index contributed by atoms with van der Waals surface area (Å²) in [6.07, 6.45) is 0.534. The van der Waals surface area contributed by atoms with E-state index in [4.69, 9.17) is 14.2 Å². The number of hydrogen-bond donors (Lipinski definition) is 0. The normalized spacial score (nSPS) is 11.5. The lowest BCUT2D eigenvalue weighted by Gasteiger charge is -2.15. The first kappa shape index (κ1) is 25.0. The zero-order valence-electron chi connectivity index (χ0n) is 19.9. The number of methoxy groups -OCH3 is 2. The molecule has 3 heterocycles. The first-order valence-corrected chi connectivity index (χ1v) is 11.2. The number of pyridine rings is 2. The molecule has 4 aromatic rings. The summed E-state index contributed by atoms with van der Waals surface area (Å²) in [7, 11) is 2.70. The minimum Gasteiger partial charge on any atom is -0.496 e. The molecule has 0 saturated heterocycles. The monoisotopic (exact) mass is 499 g/mol. The van der Waals surface area contributed by atoms with Crippen LogP contribution in [0.1, 0.15) is 30.1 Å². The lowest BCUT2D eigenvalue weighted by Crippen LogP contribution is -2.12. The molecule has 0 bridgehead atoms. The number of aromatic nitrogens is 3. The maximum Gasteiger partial charge on any atom is 0.389 e. The fourth-order valence-corrected chi connectivity index (χ4v) is 3.91. The third kappa shape index (κ3) is 5.27. The van der Waals surface area contributed by atoms with Crippen LogP contribution in [0, 0.1) is 0 Å². The lowest BCUT2D eigenvalue weighted by atomic mass is 10.0. The van der Waals surface area contributed by atoms with Gasteiger partial charge < -0.3 is 14.2 Å². The van der Waals surface area contributed by atoms with Crippen LogP contribution in [-0.2, 0) is 0 Å². The minimum atomic E-state index is -4.44. The summed E-state index contributed by atoms with van der Waals surface area (Å²) in [6, 6.07) is 8.90. The Morgan fingerprint density at radius 1 is 0.972 bits per heavy atom. The number of halogens is 3.